The van der Waals surface area contributed by atoms with Gasteiger partial charge in [0.25, 0.3) is 5.56 Å². The zero-order valence-electron chi connectivity index (χ0n) is 20.2. The first-order chi connectivity index (χ1) is 17.4. The second-order valence-corrected chi connectivity index (χ2v) is 10.5. The molecule has 0 saturated carbocycles. The third kappa shape index (κ3) is 6.73. The Hall–Kier alpha value is -2.85. The minimum atomic E-state index is -4.34. The van der Waals surface area contributed by atoms with E-state index in [1.54, 1.807) is 32.0 Å². The molecule has 1 saturated heterocycles. The number of aromatic amines is 1. The summed E-state index contributed by atoms with van der Waals surface area (Å²) in [7, 11) is -4.34. The number of ether oxygens (including phenoxy) is 2. The van der Waals surface area contributed by atoms with Gasteiger partial charge in [-0.25, -0.2) is 8.96 Å². The van der Waals surface area contributed by atoms with Gasteiger partial charge in [0.2, 0.25) is 5.60 Å². The van der Waals surface area contributed by atoms with E-state index in [9.17, 15) is 19.3 Å². The van der Waals surface area contributed by atoms with Crippen LogP contribution in [-0.2, 0) is 23.4 Å². The first kappa shape index (κ1) is 28.7. The molecule has 3 N–H and O–H groups in total. The Morgan fingerprint density at radius 2 is 2.05 bits per heavy atom. The molecule has 0 aliphatic carbocycles. The zero-order valence-corrected chi connectivity index (χ0v) is 21.9. The van der Waals surface area contributed by atoms with Crippen molar-refractivity contribution in [1.29, 1.82) is 0 Å². The average Bonchev–Trinajstić information content (AvgIpc) is 3.08. The fraction of sp³-hybridized carbons (Fsp3) is 0.435. The van der Waals surface area contributed by atoms with Gasteiger partial charge in [-0.15, -0.1) is 6.42 Å². The predicted molar refractivity (Wildman–Crippen MR) is 133 cm³/mol. The number of H-pyrrole nitrogens is 1. The van der Waals surface area contributed by atoms with Gasteiger partial charge in [-0.05, 0) is 45.1 Å². The number of terminal acetylenes is 1. The smallest absolute Gasteiger partial charge is 0.459 e. The van der Waals surface area contributed by atoms with E-state index in [2.05, 4.69) is 10.1 Å². The lowest BCUT2D eigenvalue weighted by atomic mass is 9.96. The molecule has 3 rings (SSSR count). The Balaban J connectivity index is 1.84. The van der Waals surface area contributed by atoms with E-state index in [-0.39, 0.29) is 10.5 Å². The minimum absolute atomic E-state index is 0.143. The molecule has 1 aromatic carbocycles. The lowest BCUT2D eigenvalue weighted by molar-refractivity contribution is -0.149. The number of hydrogen-bond donors (Lipinski definition) is 3. The number of aromatic nitrogens is 2. The molecule has 2 aromatic rings. The van der Waals surface area contributed by atoms with Gasteiger partial charge in [0, 0.05) is 12.3 Å². The number of carbonyl (C=O) groups excluding carboxylic acids is 1. The summed E-state index contributed by atoms with van der Waals surface area (Å²) in [6.07, 6.45) is 0.906. The maximum Gasteiger partial charge on any atom is 0.459 e. The highest BCUT2D eigenvalue weighted by Gasteiger charge is 2.57. The molecule has 6 unspecified atom stereocenters. The van der Waals surface area contributed by atoms with Gasteiger partial charge < -0.3 is 19.1 Å². The topological polar surface area (TPSA) is 141 Å². The molecule has 14 heteroatoms. The van der Waals surface area contributed by atoms with Crippen molar-refractivity contribution in [3.8, 4) is 18.1 Å². The number of para-hydroxylation sites is 1. The summed E-state index contributed by atoms with van der Waals surface area (Å²) in [5, 5.41) is 13.4. The summed E-state index contributed by atoms with van der Waals surface area (Å²) in [4.78, 5) is 26.1. The van der Waals surface area contributed by atoms with E-state index in [0.29, 0.717) is 0 Å². The lowest BCUT2D eigenvalue weighted by Crippen LogP contribution is -2.44. The van der Waals surface area contributed by atoms with Crippen LogP contribution in [0.1, 0.15) is 27.0 Å². The monoisotopic (exact) mass is 555 g/mol. The molecule has 0 bridgehead atoms. The van der Waals surface area contributed by atoms with Crippen LogP contribution in [0.5, 0.6) is 5.75 Å². The molecule has 0 spiro atoms. The van der Waals surface area contributed by atoms with Gasteiger partial charge in [0.05, 0.1) is 12.7 Å². The molecule has 37 heavy (non-hydrogen) atoms. The third-order valence-corrected chi connectivity index (χ3v) is 7.15. The Morgan fingerprint density at radius 1 is 1.38 bits per heavy atom. The fourth-order valence-electron chi connectivity index (χ4n) is 3.43. The Morgan fingerprint density at radius 3 is 2.65 bits per heavy atom. The number of halogens is 1. The first-order valence-corrected chi connectivity index (χ1v) is 13.1. The quantitative estimate of drug-likeness (QED) is 0.173. The fourth-order valence-corrected chi connectivity index (χ4v) is 5.19. The highest BCUT2D eigenvalue weighted by atomic mass is 32.1. The molecule has 6 atom stereocenters. The Bertz CT molecular complexity index is 1310. The SMILES string of the molecule is C#CC1(O)C(F)C(COP(=O)(NC(C)C(=O)OC(C)C)Oc2ccccc2)OC1n1ccc(=O)[nH]c1=S. The van der Waals surface area contributed by atoms with Gasteiger partial charge in [-0.2, -0.15) is 5.09 Å². The summed E-state index contributed by atoms with van der Waals surface area (Å²) in [6, 6.07) is 7.93. The van der Waals surface area contributed by atoms with Crippen molar-refractivity contribution in [2.24, 2.45) is 0 Å². The molecule has 11 nitrogen and oxygen atoms in total. The Kier molecular flexibility index (Phi) is 9.07. The normalized spacial score (nSPS) is 25.7. The van der Waals surface area contributed by atoms with Crippen LogP contribution in [0, 0.1) is 17.1 Å². The molecule has 1 aliphatic rings. The number of carbonyl (C=O) groups is 1. The maximum atomic E-state index is 15.4. The van der Waals surface area contributed by atoms with Crippen LogP contribution in [-0.4, -0.2) is 57.3 Å². The zero-order chi connectivity index (χ0) is 27.4. The van der Waals surface area contributed by atoms with Crippen molar-refractivity contribution < 1.29 is 37.4 Å². The number of hydrogen-bond acceptors (Lipinski definition) is 9. The van der Waals surface area contributed by atoms with Crippen molar-refractivity contribution in [3.05, 3.63) is 57.7 Å². The third-order valence-electron chi connectivity index (χ3n) is 5.20. The van der Waals surface area contributed by atoms with Crippen molar-refractivity contribution in [3.63, 3.8) is 0 Å². The summed E-state index contributed by atoms with van der Waals surface area (Å²) in [5.74, 6) is 1.40. The maximum absolute atomic E-state index is 15.4. The van der Waals surface area contributed by atoms with Crippen molar-refractivity contribution in [1.82, 2.24) is 14.6 Å². The van der Waals surface area contributed by atoms with Gasteiger partial charge in [0.1, 0.15) is 17.9 Å². The van der Waals surface area contributed by atoms with Crippen LogP contribution >= 0.6 is 20.0 Å². The van der Waals surface area contributed by atoms with Crippen molar-refractivity contribution >= 4 is 25.9 Å². The van der Waals surface area contributed by atoms with Gasteiger partial charge >= 0.3 is 13.7 Å². The molecule has 200 valence electrons. The Labute approximate surface area is 217 Å². The van der Waals surface area contributed by atoms with Crippen molar-refractivity contribution in [2.45, 2.75) is 57.0 Å². The highest BCUT2D eigenvalue weighted by molar-refractivity contribution is 7.71. The first-order valence-electron chi connectivity index (χ1n) is 11.2. The van der Waals surface area contributed by atoms with Gasteiger partial charge in [-0.3, -0.25) is 23.7 Å². The van der Waals surface area contributed by atoms with E-state index in [0.717, 1.165) is 10.6 Å². The summed E-state index contributed by atoms with van der Waals surface area (Å²) in [5.41, 5.74) is -3.02. The van der Waals surface area contributed by atoms with Crippen LogP contribution in [0.2, 0.25) is 0 Å². The van der Waals surface area contributed by atoms with Crippen LogP contribution in [0.15, 0.2) is 47.4 Å². The molecule has 1 aromatic heterocycles. The van der Waals surface area contributed by atoms with Crippen LogP contribution in [0.25, 0.3) is 0 Å². The number of nitrogens with one attached hydrogen (secondary N) is 2. The minimum Gasteiger partial charge on any atom is -0.462 e. The van der Waals surface area contributed by atoms with E-state index >= 15 is 4.39 Å². The molecule has 0 radical (unpaired) electrons. The van der Waals surface area contributed by atoms with Gasteiger partial charge in [-0.1, -0.05) is 24.1 Å². The lowest BCUT2D eigenvalue weighted by Gasteiger charge is -2.26. The standard InChI is InChI=1S/C23H27FN3O8PS/c1-5-23(30)19(24)17(34-21(23)27-12-11-18(28)25-22(27)37)13-32-36(31,35-16-9-7-6-8-10-16)26-15(4)20(29)33-14(2)3/h1,6-12,14-15,17,19,21,30H,13H2,2-4H3,(H,26,31)(H,25,28,37). The number of benzene rings is 1. The number of alkyl halides is 1. The predicted octanol–water partition coefficient (Wildman–Crippen LogP) is 2.64. The number of rotatable bonds is 10. The number of nitrogens with zero attached hydrogens (tertiary/aromatic N) is 1. The van der Waals surface area contributed by atoms with E-state index in [4.69, 9.17) is 37.2 Å². The summed E-state index contributed by atoms with van der Waals surface area (Å²) < 4.78 is 51.6. The van der Waals surface area contributed by atoms with Crippen LogP contribution in [0.3, 0.4) is 0 Å². The molecule has 1 aliphatic heterocycles. The summed E-state index contributed by atoms with van der Waals surface area (Å²) >= 11 is 5.08. The second kappa shape index (κ2) is 11.7. The number of aliphatic hydroxyl groups is 1. The molecule has 2 heterocycles. The highest BCUT2D eigenvalue weighted by Crippen LogP contribution is 2.47. The van der Waals surface area contributed by atoms with E-state index in [1.807, 2.05) is 5.92 Å². The molecule has 1 fully saturated rings. The van der Waals surface area contributed by atoms with Crippen LogP contribution in [0.4, 0.5) is 4.39 Å². The number of esters is 1. The van der Waals surface area contributed by atoms with Crippen LogP contribution < -0.4 is 15.2 Å². The second-order valence-electron chi connectivity index (χ2n) is 8.45. The molecule has 0 amide bonds. The molecular formula is C23H27FN3O8PS. The largest absolute Gasteiger partial charge is 0.462 e. The molecular weight excluding hydrogens is 528 g/mol. The van der Waals surface area contributed by atoms with Gasteiger partial charge in [0.15, 0.2) is 17.2 Å². The average molecular weight is 556 g/mol. The van der Waals surface area contributed by atoms with Crippen molar-refractivity contribution in [2.75, 3.05) is 6.61 Å². The summed E-state index contributed by atoms with van der Waals surface area (Å²) in [6.45, 7) is 3.99. The van der Waals surface area contributed by atoms with E-state index < -0.39 is 62.1 Å². The van der Waals surface area contributed by atoms with E-state index in [1.165, 1.54) is 25.3 Å².